The Labute approximate surface area is 111 Å². The number of ether oxygens (including phenoxy) is 1. The number of amides is 1. The summed E-state index contributed by atoms with van der Waals surface area (Å²) in [5.41, 5.74) is 0. The molecule has 0 unspecified atom stereocenters. The van der Waals surface area contributed by atoms with Gasteiger partial charge in [-0.05, 0) is 25.0 Å². The molecule has 2 rings (SSSR count). The third-order valence-corrected chi connectivity index (χ3v) is 3.20. The molecular formula is C14H17F2NO2. The molecule has 1 aliphatic heterocycles. The third kappa shape index (κ3) is 3.91. The van der Waals surface area contributed by atoms with Crippen LogP contribution in [0.5, 0.6) is 5.75 Å². The topological polar surface area (TPSA) is 29.5 Å². The van der Waals surface area contributed by atoms with E-state index in [0.29, 0.717) is 0 Å². The first kappa shape index (κ1) is 13.8. The maximum atomic E-state index is 13.3. The van der Waals surface area contributed by atoms with Crippen LogP contribution in [0.15, 0.2) is 18.2 Å². The average molecular weight is 269 g/mol. The summed E-state index contributed by atoms with van der Waals surface area (Å²) in [5.74, 6) is -1.69. The number of hydrogen-bond acceptors (Lipinski definition) is 2. The number of rotatable bonds is 3. The average Bonchev–Trinajstić information content (AvgIpc) is 2.66. The van der Waals surface area contributed by atoms with Crippen LogP contribution in [0.3, 0.4) is 0 Å². The van der Waals surface area contributed by atoms with Crippen LogP contribution in [0.2, 0.25) is 0 Å². The van der Waals surface area contributed by atoms with Gasteiger partial charge < -0.3 is 9.64 Å². The van der Waals surface area contributed by atoms with Crippen LogP contribution in [-0.4, -0.2) is 30.5 Å². The van der Waals surface area contributed by atoms with Gasteiger partial charge in [0, 0.05) is 19.2 Å². The van der Waals surface area contributed by atoms with E-state index in [1.54, 1.807) is 4.90 Å². The molecule has 0 N–H and O–H groups in total. The van der Waals surface area contributed by atoms with Gasteiger partial charge in [-0.2, -0.15) is 0 Å². The molecular weight excluding hydrogens is 252 g/mol. The number of likely N-dealkylation sites (tertiary alicyclic amines) is 1. The zero-order chi connectivity index (χ0) is 13.7. The van der Waals surface area contributed by atoms with Crippen LogP contribution < -0.4 is 4.74 Å². The van der Waals surface area contributed by atoms with E-state index >= 15 is 0 Å². The van der Waals surface area contributed by atoms with Crippen molar-refractivity contribution in [2.75, 3.05) is 19.7 Å². The van der Waals surface area contributed by atoms with E-state index in [0.717, 1.165) is 50.9 Å². The SMILES string of the molecule is O=C(COc1ccc(F)cc1F)N1CCCCCC1. The quantitative estimate of drug-likeness (QED) is 0.844. The lowest BCUT2D eigenvalue weighted by atomic mass is 10.2. The van der Waals surface area contributed by atoms with E-state index < -0.39 is 11.6 Å². The fourth-order valence-electron chi connectivity index (χ4n) is 2.14. The van der Waals surface area contributed by atoms with Crippen molar-refractivity contribution < 1.29 is 18.3 Å². The molecule has 0 atom stereocenters. The molecule has 1 amide bonds. The summed E-state index contributed by atoms with van der Waals surface area (Å²) in [6.45, 7) is 1.25. The molecule has 1 heterocycles. The lowest BCUT2D eigenvalue weighted by Gasteiger charge is -2.20. The number of benzene rings is 1. The van der Waals surface area contributed by atoms with E-state index in [1.165, 1.54) is 6.07 Å². The van der Waals surface area contributed by atoms with E-state index in [-0.39, 0.29) is 18.3 Å². The number of nitrogens with zero attached hydrogens (tertiary/aromatic N) is 1. The molecule has 0 saturated carbocycles. The van der Waals surface area contributed by atoms with Gasteiger partial charge in [-0.15, -0.1) is 0 Å². The molecule has 0 spiro atoms. The highest BCUT2D eigenvalue weighted by Crippen LogP contribution is 2.18. The van der Waals surface area contributed by atoms with Crippen molar-refractivity contribution in [3.8, 4) is 5.75 Å². The summed E-state index contributed by atoms with van der Waals surface area (Å²) >= 11 is 0. The summed E-state index contributed by atoms with van der Waals surface area (Å²) < 4.78 is 31.1. The zero-order valence-corrected chi connectivity index (χ0v) is 10.7. The van der Waals surface area contributed by atoms with Gasteiger partial charge in [-0.3, -0.25) is 4.79 Å². The molecule has 1 aromatic carbocycles. The first-order chi connectivity index (χ1) is 9.16. The van der Waals surface area contributed by atoms with E-state index in [4.69, 9.17) is 4.74 Å². The van der Waals surface area contributed by atoms with Crippen LogP contribution in [0.1, 0.15) is 25.7 Å². The number of carbonyl (C=O) groups excluding carboxylic acids is 1. The minimum atomic E-state index is -0.788. The molecule has 0 radical (unpaired) electrons. The van der Waals surface area contributed by atoms with Crippen LogP contribution in [0, 0.1) is 11.6 Å². The molecule has 1 saturated heterocycles. The van der Waals surface area contributed by atoms with E-state index in [1.807, 2.05) is 0 Å². The van der Waals surface area contributed by atoms with Crippen molar-refractivity contribution in [3.05, 3.63) is 29.8 Å². The summed E-state index contributed by atoms with van der Waals surface area (Å²) in [7, 11) is 0. The van der Waals surface area contributed by atoms with Crippen LogP contribution in [0.4, 0.5) is 8.78 Å². The normalized spacial score (nSPS) is 16.0. The summed E-state index contributed by atoms with van der Waals surface area (Å²) in [6.07, 6.45) is 4.27. The van der Waals surface area contributed by atoms with Gasteiger partial charge in [-0.25, -0.2) is 8.78 Å². The Kier molecular flexibility index (Phi) is 4.71. The maximum absolute atomic E-state index is 13.3. The van der Waals surface area contributed by atoms with Crippen molar-refractivity contribution >= 4 is 5.91 Å². The maximum Gasteiger partial charge on any atom is 0.260 e. The molecule has 0 aliphatic carbocycles. The third-order valence-electron chi connectivity index (χ3n) is 3.20. The van der Waals surface area contributed by atoms with Crippen molar-refractivity contribution in [1.29, 1.82) is 0 Å². The van der Waals surface area contributed by atoms with Gasteiger partial charge in [0.2, 0.25) is 0 Å². The largest absolute Gasteiger partial charge is 0.481 e. The Balaban J connectivity index is 1.88. The van der Waals surface area contributed by atoms with Crippen molar-refractivity contribution in [1.82, 2.24) is 4.90 Å². The second kappa shape index (κ2) is 6.50. The molecule has 104 valence electrons. The highest BCUT2D eigenvalue weighted by atomic mass is 19.1. The standard InChI is InChI=1S/C14H17F2NO2/c15-11-5-6-13(12(16)9-11)19-10-14(18)17-7-3-1-2-4-8-17/h5-6,9H,1-4,7-8,10H2. The Morgan fingerprint density at radius 3 is 2.47 bits per heavy atom. The van der Waals surface area contributed by atoms with Gasteiger partial charge in [-0.1, -0.05) is 12.8 Å². The van der Waals surface area contributed by atoms with Crippen molar-refractivity contribution in [3.63, 3.8) is 0 Å². The molecule has 3 nitrogen and oxygen atoms in total. The Hall–Kier alpha value is -1.65. The van der Waals surface area contributed by atoms with Crippen molar-refractivity contribution in [2.24, 2.45) is 0 Å². The monoisotopic (exact) mass is 269 g/mol. The summed E-state index contributed by atoms with van der Waals surface area (Å²) in [5, 5.41) is 0. The van der Waals surface area contributed by atoms with Crippen molar-refractivity contribution in [2.45, 2.75) is 25.7 Å². The van der Waals surface area contributed by atoms with Gasteiger partial charge in [0.1, 0.15) is 5.82 Å². The number of carbonyl (C=O) groups is 1. The molecule has 0 aromatic heterocycles. The second-order valence-electron chi connectivity index (χ2n) is 4.66. The van der Waals surface area contributed by atoms with E-state index in [9.17, 15) is 13.6 Å². The minimum absolute atomic E-state index is 0.0930. The second-order valence-corrected chi connectivity index (χ2v) is 4.66. The highest BCUT2D eigenvalue weighted by Gasteiger charge is 2.16. The lowest BCUT2D eigenvalue weighted by molar-refractivity contribution is -0.133. The highest BCUT2D eigenvalue weighted by molar-refractivity contribution is 5.77. The lowest BCUT2D eigenvalue weighted by Crippen LogP contribution is -2.35. The molecule has 5 heteroatoms. The van der Waals surface area contributed by atoms with Gasteiger partial charge in [0.05, 0.1) is 0 Å². The molecule has 1 fully saturated rings. The predicted molar refractivity (Wildman–Crippen MR) is 66.9 cm³/mol. The van der Waals surface area contributed by atoms with Gasteiger partial charge in [0.15, 0.2) is 18.2 Å². The first-order valence-electron chi connectivity index (χ1n) is 6.52. The minimum Gasteiger partial charge on any atom is -0.481 e. The fourth-order valence-corrected chi connectivity index (χ4v) is 2.14. The molecule has 1 aromatic rings. The van der Waals surface area contributed by atoms with Crippen LogP contribution in [-0.2, 0) is 4.79 Å². The first-order valence-corrected chi connectivity index (χ1v) is 6.52. The number of halogens is 2. The molecule has 0 bridgehead atoms. The Morgan fingerprint density at radius 1 is 1.16 bits per heavy atom. The number of hydrogen-bond donors (Lipinski definition) is 0. The van der Waals surface area contributed by atoms with Gasteiger partial charge in [0.25, 0.3) is 5.91 Å². The zero-order valence-electron chi connectivity index (χ0n) is 10.7. The summed E-state index contributed by atoms with van der Waals surface area (Å²) in [6, 6.07) is 3.04. The summed E-state index contributed by atoms with van der Waals surface area (Å²) in [4.78, 5) is 13.7. The smallest absolute Gasteiger partial charge is 0.260 e. The van der Waals surface area contributed by atoms with Crippen LogP contribution in [0.25, 0.3) is 0 Å². The fraction of sp³-hybridized carbons (Fsp3) is 0.500. The Morgan fingerprint density at radius 2 is 1.84 bits per heavy atom. The molecule has 1 aliphatic rings. The predicted octanol–water partition coefficient (Wildman–Crippen LogP) is 2.75. The Bertz CT molecular complexity index is 443. The molecule has 19 heavy (non-hydrogen) atoms. The van der Waals surface area contributed by atoms with Gasteiger partial charge >= 0.3 is 0 Å². The van der Waals surface area contributed by atoms with Crippen LogP contribution >= 0.6 is 0 Å². The van der Waals surface area contributed by atoms with E-state index in [2.05, 4.69) is 0 Å².